The molecule has 0 aliphatic heterocycles. The molecule has 0 aliphatic rings. The minimum absolute atomic E-state index is 0.148. The van der Waals surface area contributed by atoms with Crippen LogP contribution in [0, 0.1) is 0 Å². The van der Waals surface area contributed by atoms with E-state index in [0.717, 1.165) is 15.6 Å². The molecule has 0 heterocycles. The van der Waals surface area contributed by atoms with Crippen LogP contribution in [0.25, 0.3) is 11.6 Å². The predicted molar refractivity (Wildman–Crippen MR) is 132 cm³/mol. The molecule has 0 bridgehead atoms. The second-order valence-corrected chi connectivity index (χ2v) is 7.87. The largest absolute Gasteiger partial charge is 0.503 e. The van der Waals surface area contributed by atoms with Crippen molar-refractivity contribution in [3.8, 4) is 5.75 Å². The van der Waals surface area contributed by atoms with E-state index in [1.807, 2.05) is 42.5 Å². The van der Waals surface area contributed by atoms with Crippen molar-refractivity contribution in [2.45, 2.75) is 6.61 Å². The lowest BCUT2D eigenvalue weighted by molar-refractivity contribution is -0.133. The van der Waals surface area contributed by atoms with E-state index in [1.165, 1.54) is 26.6 Å². The zero-order chi connectivity index (χ0) is 23.6. The Kier molecular flexibility index (Phi) is 8.61. The fourth-order valence-corrected chi connectivity index (χ4v) is 3.41. The Bertz CT molecular complexity index is 1180. The summed E-state index contributed by atoms with van der Waals surface area (Å²) in [6.07, 6.45) is 4.63. The number of carbonyl (C=O) groups is 2. The van der Waals surface area contributed by atoms with Gasteiger partial charge in [-0.1, -0.05) is 70.5 Å². The van der Waals surface area contributed by atoms with Gasteiger partial charge in [-0.25, -0.2) is 4.79 Å². The van der Waals surface area contributed by atoms with E-state index >= 15 is 0 Å². The maximum absolute atomic E-state index is 12.8. The minimum atomic E-state index is -0.516. The fraction of sp³-hybridized carbons (Fsp3) is 0.111. The predicted octanol–water partition coefficient (Wildman–Crippen LogP) is 6.08. The van der Waals surface area contributed by atoms with Crippen molar-refractivity contribution in [2.24, 2.45) is 0 Å². The second-order valence-electron chi connectivity index (χ2n) is 6.95. The quantitative estimate of drug-likeness (QED) is 0.152. The first kappa shape index (κ1) is 24.0. The molecular weight excluding hydrogens is 484 g/mol. The molecule has 0 saturated heterocycles. The molecule has 168 valence electrons. The number of halogens is 1. The van der Waals surface area contributed by atoms with Crippen LogP contribution < -0.4 is 4.74 Å². The van der Waals surface area contributed by atoms with Crippen LogP contribution in [0.1, 0.15) is 27.0 Å². The van der Waals surface area contributed by atoms with Gasteiger partial charge in [-0.15, -0.1) is 0 Å². The number of ether oxygens (including phenoxy) is 3. The van der Waals surface area contributed by atoms with Crippen molar-refractivity contribution >= 4 is 39.3 Å². The Hall–Kier alpha value is -3.64. The van der Waals surface area contributed by atoms with Crippen LogP contribution in [0.4, 0.5) is 0 Å². The first-order chi connectivity index (χ1) is 16.0. The molecule has 5 nitrogen and oxygen atoms in total. The highest BCUT2D eigenvalue weighted by atomic mass is 79.9. The third-order valence-electron chi connectivity index (χ3n) is 4.78. The summed E-state index contributed by atoms with van der Waals surface area (Å²) < 4.78 is 16.9. The average Bonchev–Trinajstić information content (AvgIpc) is 2.85. The van der Waals surface area contributed by atoms with Crippen LogP contribution in [0.2, 0.25) is 0 Å². The molecule has 0 amide bonds. The molecule has 33 heavy (non-hydrogen) atoms. The molecule has 0 N–H and O–H groups in total. The SMILES string of the molecule is CO/C=C(/C(=O)OC)c1ccccc1COc1ccccc1C(=O)/C=C/c1ccc(Br)cc1. The molecule has 0 aliphatic carbocycles. The van der Waals surface area contributed by atoms with Crippen molar-refractivity contribution in [3.63, 3.8) is 0 Å². The third-order valence-corrected chi connectivity index (χ3v) is 5.31. The number of carbonyl (C=O) groups excluding carboxylic acids is 2. The molecule has 0 aromatic heterocycles. The zero-order valence-electron chi connectivity index (χ0n) is 18.3. The van der Waals surface area contributed by atoms with E-state index in [1.54, 1.807) is 36.4 Å². The Morgan fingerprint density at radius 1 is 0.879 bits per heavy atom. The van der Waals surface area contributed by atoms with E-state index < -0.39 is 5.97 Å². The summed E-state index contributed by atoms with van der Waals surface area (Å²) in [5.41, 5.74) is 3.02. The summed E-state index contributed by atoms with van der Waals surface area (Å²) in [5, 5.41) is 0. The van der Waals surface area contributed by atoms with Gasteiger partial charge in [-0.2, -0.15) is 0 Å². The van der Waals surface area contributed by atoms with Crippen LogP contribution >= 0.6 is 15.9 Å². The Balaban J connectivity index is 1.81. The Morgan fingerprint density at radius 2 is 1.55 bits per heavy atom. The summed E-state index contributed by atoms with van der Waals surface area (Å²) in [6, 6.07) is 22.0. The summed E-state index contributed by atoms with van der Waals surface area (Å²) in [4.78, 5) is 25.1. The number of allylic oxidation sites excluding steroid dienone is 1. The normalized spacial score (nSPS) is 11.3. The van der Waals surface area contributed by atoms with E-state index in [4.69, 9.17) is 14.2 Å². The zero-order valence-corrected chi connectivity index (χ0v) is 19.9. The van der Waals surface area contributed by atoms with Crippen molar-refractivity contribution < 1.29 is 23.8 Å². The van der Waals surface area contributed by atoms with E-state index in [-0.39, 0.29) is 18.0 Å². The lowest BCUT2D eigenvalue weighted by atomic mass is 10.0. The molecule has 0 radical (unpaired) electrons. The lowest BCUT2D eigenvalue weighted by Crippen LogP contribution is -2.09. The molecule has 0 spiro atoms. The molecule has 0 fully saturated rings. The van der Waals surface area contributed by atoms with Crippen molar-refractivity contribution in [3.05, 3.63) is 112 Å². The molecule has 3 rings (SSSR count). The second kappa shape index (κ2) is 11.8. The molecule has 6 heteroatoms. The van der Waals surface area contributed by atoms with Crippen LogP contribution in [0.15, 0.2) is 89.6 Å². The topological polar surface area (TPSA) is 61.8 Å². The molecule has 0 unspecified atom stereocenters. The van der Waals surface area contributed by atoms with Crippen LogP contribution in [0.3, 0.4) is 0 Å². The number of rotatable bonds is 9. The van der Waals surface area contributed by atoms with Gasteiger partial charge in [0.1, 0.15) is 17.9 Å². The van der Waals surface area contributed by atoms with Gasteiger partial charge < -0.3 is 14.2 Å². The number of para-hydroxylation sites is 1. The first-order valence-electron chi connectivity index (χ1n) is 10.1. The number of benzene rings is 3. The number of ketones is 1. The van der Waals surface area contributed by atoms with Crippen molar-refractivity contribution in [1.29, 1.82) is 0 Å². The number of esters is 1. The summed E-state index contributed by atoms with van der Waals surface area (Å²) in [7, 11) is 2.78. The van der Waals surface area contributed by atoms with Crippen LogP contribution in [-0.4, -0.2) is 26.0 Å². The van der Waals surface area contributed by atoms with Gasteiger partial charge in [0, 0.05) is 4.47 Å². The first-order valence-corrected chi connectivity index (χ1v) is 10.9. The standard InChI is InChI=1S/C27H23BrO5/c1-31-18-24(27(30)32-2)22-8-4-3-7-20(22)17-33-26-10-6-5-9-23(26)25(29)16-13-19-11-14-21(28)15-12-19/h3-16,18H,17H2,1-2H3/b16-13+,24-18+. The van der Waals surface area contributed by atoms with Crippen LogP contribution in [-0.2, 0) is 20.9 Å². The molecule has 0 saturated carbocycles. The van der Waals surface area contributed by atoms with Crippen LogP contribution in [0.5, 0.6) is 5.75 Å². The van der Waals surface area contributed by atoms with E-state index in [9.17, 15) is 9.59 Å². The van der Waals surface area contributed by atoms with Crippen molar-refractivity contribution in [1.82, 2.24) is 0 Å². The molecular formula is C27H23BrO5. The van der Waals surface area contributed by atoms with Gasteiger partial charge >= 0.3 is 5.97 Å². The van der Waals surface area contributed by atoms with Gasteiger partial charge in [-0.05, 0) is 47.0 Å². The van der Waals surface area contributed by atoms with Gasteiger partial charge in [0.25, 0.3) is 0 Å². The number of hydrogen-bond acceptors (Lipinski definition) is 5. The molecule has 3 aromatic rings. The lowest BCUT2D eigenvalue weighted by Gasteiger charge is -2.14. The Morgan fingerprint density at radius 3 is 2.24 bits per heavy atom. The minimum Gasteiger partial charge on any atom is -0.503 e. The van der Waals surface area contributed by atoms with Gasteiger partial charge in [0.2, 0.25) is 0 Å². The summed E-state index contributed by atoms with van der Waals surface area (Å²) in [5.74, 6) is -0.234. The Labute approximate surface area is 201 Å². The van der Waals surface area contributed by atoms with E-state index in [0.29, 0.717) is 16.9 Å². The average molecular weight is 507 g/mol. The van der Waals surface area contributed by atoms with Gasteiger partial charge in [-0.3, -0.25) is 4.79 Å². The monoisotopic (exact) mass is 506 g/mol. The smallest absolute Gasteiger partial charge is 0.341 e. The van der Waals surface area contributed by atoms with Gasteiger partial charge in [0.15, 0.2) is 5.78 Å². The maximum atomic E-state index is 12.8. The highest BCUT2D eigenvalue weighted by Gasteiger charge is 2.17. The van der Waals surface area contributed by atoms with Crippen molar-refractivity contribution in [2.75, 3.05) is 14.2 Å². The summed E-state index contributed by atoms with van der Waals surface area (Å²) in [6.45, 7) is 0.148. The fourth-order valence-electron chi connectivity index (χ4n) is 3.15. The van der Waals surface area contributed by atoms with E-state index in [2.05, 4.69) is 15.9 Å². The molecule has 3 aromatic carbocycles. The summed E-state index contributed by atoms with van der Waals surface area (Å²) >= 11 is 3.40. The third kappa shape index (κ3) is 6.43. The number of methoxy groups -OCH3 is 2. The van der Waals surface area contributed by atoms with Gasteiger partial charge in [0.05, 0.1) is 26.0 Å². The number of hydrogen-bond donors (Lipinski definition) is 0. The highest BCUT2D eigenvalue weighted by molar-refractivity contribution is 9.10. The molecule has 0 atom stereocenters. The highest BCUT2D eigenvalue weighted by Crippen LogP contribution is 2.25. The maximum Gasteiger partial charge on any atom is 0.341 e.